The van der Waals surface area contributed by atoms with E-state index in [0.29, 0.717) is 35.0 Å². The van der Waals surface area contributed by atoms with Crippen LogP contribution in [0.2, 0.25) is 0 Å². The van der Waals surface area contributed by atoms with Crippen molar-refractivity contribution in [1.29, 1.82) is 0 Å². The summed E-state index contributed by atoms with van der Waals surface area (Å²) in [4.78, 5) is 13.3. The zero-order valence-corrected chi connectivity index (χ0v) is 18.6. The third-order valence-electron chi connectivity index (χ3n) is 5.73. The molecule has 7 aromatic rings. The van der Waals surface area contributed by atoms with Crippen LogP contribution in [0.3, 0.4) is 0 Å². The van der Waals surface area contributed by atoms with Crippen LogP contribution in [-0.2, 0) is 0 Å². The van der Waals surface area contributed by atoms with Crippen LogP contribution in [0.5, 0.6) is 0 Å². The number of benzene rings is 2. The lowest BCUT2D eigenvalue weighted by Gasteiger charge is -2.00. The molecular formula is C27H15N7O2. The van der Waals surface area contributed by atoms with Crippen molar-refractivity contribution < 1.29 is 8.83 Å². The van der Waals surface area contributed by atoms with Crippen molar-refractivity contribution in [2.24, 2.45) is 0 Å². The van der Waals surface area contributed by atoms with Gasteiger partial charge in [0.1, 0.15) is 11.4 Å². The van der Waals surface area contributed by atoms with E-state index in [-0.39, 0.29) is 0 Å². The molecule has 0 radical (unpaired) electrons. The summed E-state index contributed by atoms with van der Waals surface area (Å²) < 4.78 is 11.9. The van der Waals surface area contributed by atoms with Gasteiger partial charge >= 0.3 is 0 Å². The lowest BCUT2D eigenvalue weighted by molar-refractivity contribution is 0.580. The quantitative estimate of drug-likeness (QED) is 0.324. The highest BCUT2D eigenvalue weighted by atomic mass is 16.4. The summed E-state index contributed by atoms with van der Waals surface area (Å²) in [6.07, 6.45) is 3.46. The highest BCUT2D eigenvalue weighted by Gasteiger charge is 2.16. The summed E-state index contributed by atoms with van der Waals surface area (Å²) in [5.74, 6) is 1.40. The molecule has 0 N–H and O–H groups in total. The largest absolute Gasteiger partial charge is 0.415 e. The Labute approximate surface area is 203 Å². The highest BCUT2D eigenvalue weighted by Crippen LogP contribution is 2.29. The topological polar surface area (TPSA) is 117 Å². The minimum absolute atomic E-state index is 0.330. The Morgan fingerprint density at radius 2 is 1.11 bits per heavy atom. The fourth-order valence-electron chi connectivity index (χ4n) is 3.94. The summed E-state index contributed by atoms with van der Waals surface area (Å²) in [7, 11) is 0. The predicted molar refractivity (Wildman–Crippen MR) is 132 cm³/mol. The third kappa shape index (κ3) is 3.55. The monoisotopic (exact) mass is 469 g/mol. The second-order valence-corrected chi connectivity index (χ2v) is 8.06. The van der Waals surface area contributed by atoms with Gasteiger partial charge in [0, 0.05) is 34.3 Å². The molecule has 7 rings (SSSR count). The van der Waals surface area contributed by atoms with E-state index in [1.165, 1.54) is 0 Å². The Kier molecular flexibility index (Phi) is 4.56. The minimum Gasteiger partial charge on any atom is -0.415 e. The van der Waals surface area contributed by atoms with Crippen molar-refractivity contribution in [3.8, 4) is 46.1 Å². The first kappa shape index (κ1) is 20.1. The second-order valence-electron chi connectivity index (χ2n) is 8.06. The normalized spacial score (nSPS) is 11.3. The first-order chi connectivity index (χ1) is 17.8. The van der Waals surface area contributed by atoms with Crippen LogP contribution in [0.15, 0.2) is 100 Å². The molecule has 170 valence electrons. The zero-order chi connectivity index (χ0) is 23.9. The maximum Gasteiger partial charge on any atom is 0.266 e. The lowest BCUT2D eigenvalue weighted by Crippen LogP contribution is -1.85. The molecule has 9 heteroatoms. The molecule has 0 atom stereocenters. The Balaban J connectivity index is 1.19. The molecule has 2 aromatic carbocycles. The summed E-state index contributed by atoms with van der Waals surface area (Å²) in [5, 5.41) is 18.8. The first-order valence-electron chi connectivity index (χ1n) is 11.2. The van der Waals surface area contributed by atoms with Gasteiger partial charge in [-0.3, -0.25) is 4.98 Å². The standard InChI is InChI=1S/C27H15N7O2/c1-2-7-20-16(4-1)8-10-22(29-20)26-33-31-24(35-26)17-5-3-6-18(14-17)25-32-34-27(36-25)23-11-9-19-15-28-13-12-21(19)30-23/h1-15H. The van der Waals surface area contributed by atoms with E-state index in [1.807, 2.05) is 78.9 Å². The SMILES string of the molecule is c1cc(-c2nnc(-c3ccc4ccccc4n3)o2)cc(-c2nnc(-c3ccc4cnccc4n3)o2)c1. The number of hydrogen-bond acceptors (Lipinski definition) is 9. The van der Waals surface area contributed by atoms with Gasteiger partial charge in [0.05, 0.1) is 11.0 Å². The smallest absolute Gasteiger partial charge is 0.266 e. The Morgan fingerprint density at radius 3 is 1.83 bits per heavy atom. The van der Waals surface area contributed by atoms with Gasteiger partial charge in [-0.1, -0.05) is 30.3 Å². The average Bonchev–Trinajstić information content (AvgIpc) is 3.64. The molecule has 0 amide bonds. The molecule has 5 heterocycles. The van der Waals surface area contributed by atoms with Crippen molar-refractivity contribution in [3.05, 3.63) is 91.3 Å². The van der Waals surface area contributed by atoms with Crippen LogP contribution in [0.4, 0.5) is 0 Å². The van der Waals surface area contributed by atoms with Crippen LogP contribution in [0, 0.1) is 0 Å². The second kappa shape index (κ2) is 8.17. The van der Waals surface area contributed by atoms with Crippen LogP contribution in [0.25, 0.3) is 67.9 Å². The number of rotatable bonds is 4. The van der Waals surface area contributed by atoms with Gasteiger partial charge in [-0.15, -0.1) is 20.4 Å². The number of nitrogens with zero attached hydrogens (tertiary/aromatic N) is 7. The maximum absolute atomic E-state index is 5.94. The summed E-state index contributed by atoms with van der Waals surface area (Å²) >= 11 is 0. The van der Waals surface area contributed by atoms with E-state index in [1.54, 1.807) is 12.4 Å². The number of aromatic nitrogens is 7. The Hall–Kier alpha value is -5.31. The number of hydrogen-bond donors (Lipinski definition) is 0. The van der Waals surface area contributed by atoms with E-state index < -0.39 is 0 Å². The van der Waals surface area contributed by atoms with Crippen molar-refractivity contribution in [2.45, 2.75) is 0 Å². The van der Waals surface area contributed by atoms with E-state index >= 15 is 0 Å². The molecular weight excluding hydrogens is 454 g/mol. The molecule has 0 bridgehead atoms. The summed E-state index contributed by atoms with van der Waals surface area (Å²) in [5.41, 5.74) is 4.32. The van der Waals surface area contributed by atoms with Crippen LogP contribution < -0.4 is 0 Å². The van der Waals surface area contributed by atoms with E-state index in [9.17, 15) is 0 Å². The van der Waals surface area contributed by atoms with Crippen molar-refractivity contribution in [2.75, 3.05) is 0 Å². The third-order valence-corrected chi connectivity index (χ3v) is 5.73. The van der Waals surface area contributed by atoms with E-state index in [2.05, 4.69) is 35.3 Å². The number of fused-ring (bicyclic) bond motifs is 2. The molecule has 0 spiro atoms. The molecule has 0 aliphatic carbocycles. The van der Waals surface area contributed by atoms with Gasteiger partial charge < -0.3 is 8.83 Å². The van der Waals surface area contributed by atoms with Gasteiger partial charge in [-0.05, 0) is 48.5 Å². The Bertz CT molecular complexity index is 1740. The molecule has 5 aromatic heterocycles. The van der Waals surface area contributed by atoms with Gasteiger partial charge in [0.2, 0.25) is 11.8 Å². The van der Waals surface area contributed by atoms with Crippen molar-refractivity contribution in [1.82, 2.24) is 35.3 Å². The molecule has 9 nitrogen and oxygen atoms in total. The molecule has 0 saturated carbocycles. The highest BCUT2D eigenvalue weighted by molar-refractivity contribution is 5.81. The summed E-state index contributed by atoms with van der Waals surface area (Å²) in [6, 6.07) is 24.8. The average molecular weight is 469 g/mol. The predicted octanol–water partition coefficient (Wildman–Crippen LogP) is 5.61. The maximum atomic E-state index is 5.94. The molecule has 0 unspecified atom stereocenters. The fraction of sp³-hybridized carbons (Fsp3) is 0. The zero-order valence-electron chi connectivity index (χ0n) is 18.6. The Morgan fingerprint density at radius 1 is 0.500 bits per heavy atom. The molecule has 0 fully saturated rings. The molecule has 0 aliphatic rings. The van der Waals surface area contributed by atoms with E-state index in [0.717, 1.165) is 32.9 Å². The van der Waals surface area contributed by atoms with Crippen LogP contribution in [-0.4, -0.2) is 35.3 Å². The van der Waals surface area contributed by atoms with Crippen molar-refractivity contribution >= 4 is 21.8 Å². The molecule has 0 saturated heterocycles. The number of para-hydroxylation sites is 1. The fourth-order valence-corrected chi connectivity index (χ4v) is 3.94. The minimum atomic E-state index is 0.330. The van der Waals surface area contributed by atoms with Crippen LogP contribution in [0.1, 0.15) is 0 Å². The van der Waals surface area contributed by atoms with Gasteiger partial charge in [-0.25, -0.2) is 9.97 Å². The number of pyridine rings is 3. The van der Waals surface area contributed by atoms with E-state index in [4.69, 9.17) is 8.83 Å². The first-order valence-corrected chi connectivity index (χ1v) is 11.2. The lowest BCUT2D eigenvalue weighted by atomic mass is 10.1. The van der Waals surface area contributed by atoms with Gasteiger partial charge in [0.15, 0.2) is 0 Å². The van der Waals surface area contributed by atoms with Gasteiger partial charge in [0.25, 0.3) is 11.8 Å². The molecule has 36 heavy (non-hydrogen) atoms. The van der Waals surface area contributed by atoms with Crippen LogP contribution >= 0.6 is 0 Å². The summed E-state index contributed by atoms with van der Waals surface area (Å²) in [6.45, 7) is 0. The van der Waals surface area contributed by atoms with Gasteiger partial charge in [-0.2, -0.15) is 0 Å². The van der Waals surface area contributed by atoms with Crippen molar-refractivity contribution in [3.63, 3.8) is 0 Å². The molecule has 0 aliphatic heterocycles.